The van der Waals surface area contributed by atoms with Gasteiger partial charge in [0.25, 0.3) is 0 Å². The molecule has 4 nitrogen and oxygen atoms in total. The van der Waals surface area contributed by atoms with Crippen molar-refractivity contribution in [3.05, 3.63) is 40.2 Å². The van der Waals surface area contributed by atoms with Gasteiger partial charge in [0, 0.05) is 17.5 Å². The van der Waals surface area contributed by atoms with Crippen LogP contribution in [0, 0.1) is 6.92 Å². The van der Waals surface area contributed by atoms with Crippen molar-refractivity contribution in [1.82, 2.24) is 0 Å². The van der Waals surface area contributed by atoms with E-state index in [1.54, 1.807) is 12.1 Å². The van der Waals surface area contributed by atoms with Gasteiger partial charge in [-0.2, -0.15) is 0 Å². The Labute approximate surface area is 102 Å². The first-order chi connectivity index (χ1) is 8.10. The second kappa shape index (κ2) is 4.59. The molecule has 0 aliphatic carbocycles. The van der Waals surface area contributed by atoms with E-state index in [1.807, 2.05) is 6.92 Å². The Morgan fingerprint density at radius 3 is 2.88 bits per heavy atom. The van der Waals surface area contributed by atoms with Crippen LogP contribution >= 0.6 is 11.6 Å². The fraction of sp³-hybridized carbons (Fsp3) is 0.167. The normalized spacial score (nSPS) is 10.5. The number of alkyl halides is 1. The molecule has 0 bridgehead atoms. The number of ether oxygens (including phenoxy) is 1. The molecule has 0 spiro atoms. The van der Waals surface area contributed by atoms with Crippen molar-refractivity contribution in [2.45, 2.75) is 6.92 Å². The van der Waals surface area contributed by atoms with Gasteiger partial charge >= 0.3 is 11.6 Å². The smallest absolute Gasteiger partial charge is 0.336 e. The summed E-state index contributed by atoms with van der Waals surface area (Å²) in [6.07, 6.45) is 0. The van der Waals surface area contributed by atoms with Crippen LogP contribution in [-0.2, 0) is 4.79 Å². The zero-order valence-electron chi connectivity index (χ0n) is 9.03. The number of benzene rings is 1. The fourth-order valence-corrected chi connectivity index (χ4v) is 1.58. The molecule has 17 heavy (non-hydrogen) atoms. The van der Waals surface area contributed by atoms with Crippen LogP contribution in [0.2, 0.25) is 0 Å². The maximum atomic E-state index is 11.2. The minimum atomic E-state index is -0.555. The third kappa shape index (κ3) is 2.47. The molecular weight excluding hydrogens is 244 g/mol. The van der Waals surface area contributed by atoms with Gasteiger partial charge in [-0.1, -0.05) is 0 Å². The van der Waals surface area contributed by atoms with E-state index in [2.05, 4.69) is 0 Å². The van der Waals surface area contributed by atoms with E-state index in [4.69, 9.17) is 20.8 Å². The summed E-state index contributed by atoms with van der Waals surface area (Å²) in [5.74, 6) is -0.478. The van der Waals surface area contributed by atoms with Gasteiger partial charge in [-0.3, -0.25) is 4.79 Å². The second-order valence-corrected chi connectivity index (χ2v) is 3.78. The number of fused-ring (bicyclic) bond motifs is 1. The van der Waals surface area contributed by atoms with Crippen molar-refractivity contribution < 1.29 is 13.9 Å². The van der Waals surface area contributed by atoms with Crippen molar-refractivity contribution in [3.8, 4) is 5.75 Å². The molecule has 88 valence electrons. The lowest BCUT2D eigenvalue weighted by Gasteiger charge is -2.04. The van der Waals surface area contributed by atoms with Crippen molar-refractivity contribution >= 4 is 28.5 Å². The van der Waals surface area contributed by atoms with Crippen LogP contribution in [0.15, 0.2) is 33.5 Å². The van der Waals surface area contributed by atoms with Gasteiger partial charge in [-0.05, 0) is 24.6 Å². The van der Waals surface area contributed by atoms with Crippen LogP contribution in [-0.4, -0.2) is 11.8 Å². The van der Waals surface area contributed by atoms with Gasteiger partial charge in [-0.25, -0.2) is 4.79 Å². The minimum absolute atomic E-state index is 0.226. The molecule has 0 N–H and O–H groups in total. The van der Waals surface area contributed by atoms with Crippen LogP contribution in [0.4, 0.5) is 0 Å². The zero-order valence-corrected chi connectivity index (χ0v) is 9.78. The summed E-state index contributed by atoms with van der Waals surface area (Å²) < 4.78 is 9.94. The molecule has 0 aliphatic heterocycles. The van der Waals surface area contributed by atoms with Crippen LogP contribution in [0.3, 0.4) is 0 Å². The van der Waals surface area contributed by atoms with Crippen molar-refractivity contribution in [3.63, 3.8) is 0 Å². The molecular formula is C12H9ClO4. The molecule has 1 aromatic carbocycles. The molecule has 2 aromatic rings. The topological polar surface area (TPSA) is 56.5 Å². The number of carbonyl (C=O) groups excluding carboxylic acids is 1. The first-order valence-electron chi connectivity index (χ1n) is 4.91. The van der Waals surface area contributed by atoms with Crippen LogP contribution < -0.4 is 10.4 Å². The average molecular weight is 253 g/mol. The number of aryl methyl sites for hydroxylation is 1. The number of carbonyl (C=O) groups is 1. The summed E-state index contributed by atoms with van der Waals surface area (Å²) in [5.41, 5.74) is 0.761. The Bertz CT molecular complexity index is 630. The maximum Gasteiger partial charge on any atom is 0.336 e. The molecule has 5 heteroatoms. The standard InChI is InChI=1S/C12H9ClO4/c1-7-4-11(14)17-10-5-8(2-3-9(7)10)16-12(15)6-13/h2-5H,6H2,1H3. The molecule has 0 saturated carbocycles. The average Bonchev–Trinajstić information content (AvgIpc) is 2.28. The molecule has 0 radical (unpaired) electrons. The van der Waals surface area contributed by atoms with E-state index in [1.165, 1.54) is 12.1 Å². The highest BCUT2D eigenvalue weighted by Crippen LogP contribution is 2.22. The number of esters is 1. The first-order valence-corrected chi connectivity index (χ1v) is 5.45. The van der Waals surface area contributed by atoms with E-state index < -0.39 is 11.6 Å². The number of rotatable bonds is 2. The molecule has 0 saturated heterocycles. The van der Waals surface area contributed by atoms with E-state index >= 15 is 0 Å². The summed E-state index contributed by atoms with van der Waals surface area (Å²) in [6.45, 7) is 1.81. The first kappa shape index (κ1) is 11.7. The molecule has 0 fully saturated rings. The fourth-order valence-electron chi connectivity index (χ4n) is 1.53. The highest BCUT2D eigenvalue weighted by atomic mass is 35.5. The highest BCUT2D eigenvalue weighted by molar-refractivity contribution is 6.26. The lowest BCUT2D eigenvalue weighted by atomic mass is 10.1. The van der Waals surface area contributed by atoms with Gasteiger partial charge < -0.3 is 9.15 Å². The van der Waals surface area contributed by atoms with Crippen molar-refractivity contribution in [2.24, 2.45) is 0 Å². The van der Waals surface area contributed by atoms with Gasteiger partial charge in [0.2, 0.25) is 0 Å². The molecule has 0 amide bonds. The highest BCUT2D eigenvalue weighted by Gasteiger charge is 2.06. The molecule has 1 aromatic heterocycles. The molecule has 2 rings (SSSR count). The quantitative estimate of drug-likeness (QED) is 0.356. The van der Waals surface area contributed by atoms with E-state index in [0.717, 1.165) is 10.9 Å². The van der Waals surface area contributed by atoms with Gasteiger partial charge in [-0.15, -0.1) is 11.6 Å². The number of halogens is 1. The largest absolute Gasteiger partial charge is 0.426 e. The summed E-state index contributed by atoms with van der Waals surface area (Å²) in [7, 11) is 0. The lowest BCUT2D eigenvalue weighted by molar-refractivity contribution is -0.131. The van der Waals surface area contributed by atoms with E-state index in [9.17, 15) is 9.59 Å². The summed E-state index contributed by atoms with van der Waals surface area (Å²) in [4.78, 5) is 22.2. The Balaban J connectivity index is 2.50. The van der Waals surface area contributed by atoms with Gasteiger partial charge in [0.15, 0.2) is 0 Å². The number of hydrogen-bond acceptors (Lipinski definition) is 4. The van der Waals surface area contributed by atoms with Crippen LogP contribution in [0.5, 0.6) is 5.75 Å². The monoisotopic (exact) mass is 252 g/mol. The van der Waals surface area contributed by atoms with Crippen LogP contribution in [0.1, 0.15) is 5.56 Å². The summed E-state index contributed by atoms with van der Waals surface area (Å²) >= 11 is 5.32. The maximum absolute atomic E-state index is 11.2. The molecule has 0 atom stereocenters. The van der Waals surface area contributed by atoms with Gasteiger partial charge in [0.1, 0.15) is 17.2 Å². The Morgan fingerprint density at radius 1 is 1.41 bits per heavy atom. The second-order valence-electron chi connectivity index (χ2n) is 3.51. The summed E-state index contributed by atoms with van der Waals surface area (Å²) in [6, 6.07) is 6.26. The predicted molar refractivity (Wildman–Crippen MR) is 63.6 cm³/mol. The van der Waals surface area contributed by atoms with Crippen molar-refractivity contribution in [2.75, 3.05) is 5.88 Å². The third-order valence-corrected chi connectivity index (χ3v) is 2.48. The summed E-state index contributed by atoms with van der Waals surface area (Å²) in [5, 5.41) is 0.801. The van der Waals surface area contributed by atoms with Gasteiger partial charge in [0.05, 0.1) is 0 Å². The Kier molecular flexibility index (Phi) is 3.15. The minimum Gasteiger partial charge on any atom is -0.426 e. The van der Waals surface area contributed by atoms with Crippen LogP contribution in [0.25, 0.3) is 11.0 Å². The Morgan fingerprint density at radius 2 is 2.18 bits per heavy atom. The van der Waals surface area contributed by atoms with Crippen molar-refractivity contribution in [1.29, 1.82) is 0 Å². The van der Waals surface area contributed by atoms with E-state index in [0.29, 0.717) is 11.3 Å². The number of hydrogen-bond donors (Lipinski definition) is 0. The third-order valence-electron chi connectivity index (χ3n) is 2.26. The van der Waals surface area contributed by atoms with E-state index in [-0.39, 0.29) is 5.88 Å². The molecule has 0 unspecified atom stereocenters. The molecule has 1 heterocycles. The zero-order chi connectivity index (χ0) is 12.4. The lowest BCUT2D eigenvalue weighted by Crippen LogP contribution is -2.08. The SMILES string of the molecule is Cc1cc(=O)oc2cc(OC(=O)CCl)ccc12. The Hall–Kier alpha value is -1.81. The molecule has 0 aliphatic rings. The predicted octanol–water partition coefficient (Wildman–Crippen LogP) is 2.25.